The summed E-state index contributed by atoms with van der Waals surface area (Å²) < 4.78 is 6.20. The van der Waals surface area contributed by atoms with Crippen molar-refractivity contribution in [1.29, 1.82) is 5.26 Å². The van der Waals surface area contributed by atoms with Crippen molar-refractivity contribution >= 4 is 17.1 Å². The van der Waals surface area contributed by atoms with Gasteiger partial charge in [0.05, 0.1) is 22.6 Å². The average molecular weight is 438 g/mol. The Balaban J connectivity index is 1.52. The average Bonchev–Trinajstić information content (AvgIpc) is 2.92. The summed E-state index contributed by atoms with van der Waals surface area (Å²) in [6, 6.07) is 37.0. The van der Waals surface area contributed by atoms with Crippen molar-refractivity contribution in [3.63, 3.8) is 0 Å². The molecule has 4 nitrogen and oxygen atoms in total. The molecule has 0 amide bonds. The molecular weight excluding hydrogens is 418 g/mol. The lowest BCUT2D eigenvalue weighted by Crippen LogP contribution is -2.16. The van der Waals surface area contributed by atoms with Crippen molar-refractivity contribution in [2.24, 2.45) is 0 Å². The molecule has 160 valence electrons. The first-order valence-corrected chi connectivity index (χ1v) is 11.0. The third kappa shape index (κ3) is 3.37. The number of fused-ring (bicyclic) bond motifs is 2. The van der Waals surface area contributed by atoms with Gasteiger partial charge >= 0.3 is 0 Å². The van der Waals surface area contributed by atoms with Crippen LogP contribution in [0.1, 0.15) is 5.56 Å². The Kier molecular flexibility index (Phi) is 4.79. The standard InChI is InChI=1S/C30H19N3O/c31-18-21-16-24(20-32-19-21)22-8-7-9-23(17-22)25-10-1-2-11-26(25)33-27-12-3-5-14-29(27)34-30-15-6-4-13-28(30)33/h1-17,19-20H. The van der Waals surface area contributed by atoms with Gasteiger partial charge in [0.1, 0.15) is 6.07 Å². The Hall–Kier alpha value is -4.88. The molecule has 4 heteroatoms. The van der Waals surface area contributed by atoms with Crippen molar-refractivity contribution in [3.8, 4) is 39.8 Å². The van der Waals surface area contributed by atoms with Crippen molar-refractivity contribution in [3.05, 3.63) is 121 Å². The van der Waals surface area contributed by atoms with Crippen molar-refractivity contribution in [1.82, 2.24) is 4.98 Å². The second kappa shape index (κ2) is 8.23. The summed E-state index contributed by atoms with van der Waals surface area (Å²) in [5.74, 6) is 1.65. The van der Waals surface area contributed by atoms with Gasteiger partial charge in [-0.05, 0) is 53.6 Å². The number of aromatic nitrogens is 1. The molecule has 1 aromatic heterocycles. The number of pyridine rings is 1. The molecule has 0 saturated carbocycles. The highest BCUT2D eigenvalue weighted by atomic mass is 16.5. The minimum atomic E-state index is 0.546. The summed E-state index contributed by atoms with van der Waals surface area (Å²) in [4.78, 5) is 6.49. The van der Waals surface area contributed by atoms with Gasteiger partial charge in [-0.25, -0.2) is 0 Å². The summed E-state index contributed by atoms with van der Waals surface area (Å²) in [6.07, 6.45) is 3.37. The van der Waals surface area contributed by atoms with Gasteiger partial charge in [-0.3, -0.25) is 4.98 Å². The lowest BCUT2D eigenvalue weighted by Gasteiger charge is -2.34. The summed E-state index contributed by atoms with van der Waals surface area (Å²) in [6.45, 7) is 0. The largest absolute Gasteiger partial charge is 0.453 e. The van der Waals surface area contributed by atoms with Crippen LogP contribution in [-0.2, 0) is 0 Å². The van der Waals surface area contributed by atoms with E-state index < -0.39 is 0 Å². The summed E-state index contributed by atoms with van der Waals surface area (Å²) in [7, 11) is 0. The fraction of sp³-hybridized carbons (Fsp3) is 0. The fourth-order valence-corrected chi connectivity index (χ4v) is 4.40. The maximum absolute atomic E-state index is 9.28. The molecular formula is C30H19N3O. The highest BCUT2D eigenvalue weighted by Crippen LogP contribution is 2.52. The molecule has 4 aromatic carbocycles. The van der Waals surface area contributed by atoms with E-state index in [1.807, 2.05) is 54.6 Å². The number of anilines is 3. The van der Waals surface area contributed by atoms with Gasteiger partial charge in [-0.2, -0.15) is 5.26 Å². The zero-order valence-corrected chi connectivity index (χ0v) is 18.2. The van der Waals surface area contributed by atoms with Gasteiger partial charge < -0.3 is 9.64 Å². The predicted octanol–water partition coefficient (Wildman–Crippen LogP) is 7.86. The van der Waals surface area contributed by atoms with E-state index in [1.54, 1.807) is 12.4 Å². The van der Waals surface area contributed by atoms with Crippen LogP contribution in [-0.4, -0.2) is 4.98 Å². The molecule has 0 atom stereocenters. The monoisotopic (exact) mass is 437 g/mol. The zero-order chi connectivity index (χ0) is 22.9. The topological polar surface area (TPSA) is 49.2 Å². The molecule has 0 bridgehead atoms. The zero-order valence-electron chi connectivity index (χ0n) is 18.2. The number of ether oxygens (including phenoxy) is 1. The first kappa shape index (κ1) is 19.8. The van der Waals surface area contributed by atoms with Crippen LogP contribution >= 0.6 is 0 Å². The molecule has 0 radical (unpaired) electrons. The first-order valence-electron chi connectivity index (χ1n) is 11.0. The molecule has 2 heterocycles. The summed E-state index contributed by atoms with van der Waals surface area (Å²) in [5.41, 5.74) is 7.71. The van der Waals surface area contributed by atoms with Crippen LogP contribution in [0, 0.1) is 11.3 Å². The Bertz CT molecular complexity index is 1520. The molecule has 0 saturated heterocycles. The highest BCUT2D eigenvalue weighted by molar-refractivity contribution is 5.93. The second-order valence-corrected chi connectivity index (χ2v) is 8.04. The van der Waals surface area contributed by atoms with E-state index in [2.05, 4.69) is 64.5 Å². The van der Waals surface area contributed by atoms with Gasteiger partial charge in [-0.1, -0.05) is 60.7 Å². The predicted molar refractivity (Wildman–Crippen MR) is 135 cm³/mol. The number of nitriles is 1. The summed E-state index contributed by atoms with van der Waals surface area (Å²) in [5, 5.41) is 9.28. The Morgan fingerprint density at radius 3 is 2.00 bits per heavy atom. The van der Waals surface area contributed by atoms with Crippen LogP contribution in [0.3, 0.4) is 0 Å². The van der Waals surface area contributed by atoms with Crippen LogP contribution in [0.15, 0.2) is 116 Å². The number of rotatable bonds is 3. The van der Waals surface area contributed by atoms with Gasteiger partial charge in [0.2, 0.25) is 0 Å². The molecule has 5 aromatic rings. The van der Waals surface area contributed by atoms with Crippen molar-refractivity contribution in [2.75, 3.05) is 4.90 Å². The minimum absolute atomic E-state index is 0.546. The lowest BCUT2D eigenvalue weighted by molar-refractivity contribution is 0.477. The number of hydrogen-bond donors (Lipinski definition) is 0. The molecule has 0 spiro atoms. The van der Waals surface area contributed by atoms with Gasteiger partial charge in [0, 0.05) is 23.5 Å². The Labute approximate surface area is 198 Å². The maximum atomic E-state index is 9.28. The fourth-order valence-electron chi connectivity index (χ4n) is 4.40. The molecule has 0 unspecified atom stereocenters. The quantitative estimate of drug-likeness (QED) is 0.283. The van der Waals surface area contributed by atoms with Crippen LogP contribution in [0.5, 0.6) is 11.5 Å². The first-order chi connectivity index (χ1) is 16.8. The van der Waals surface area contributed by atoms with Gasteiger partial charge in [-0.15, -0.1) is 0 Å². The minimum Gasteiger partial charge on any atom is -0.453 e. The van der Waals surface area contributed by atoms with Crippen LogP contribution in [0.4, 0.5) is 17.1 Å². The molecule has 34 heavy (non-hydrogen) atoms. The number of benzene rings is 4. The van der Waals surface area contributed by atoms with Crippen LogP contribution in [0.25, 0.3) is 22.3 Å². The van der Waals surface area contributed by atoms with E-state index >= 15 is 0 Å². The smallest absolute Gasteiger partial charge is 0.151 e. The van der Waals surface area contributed by atoms with Crippen LogP contribution < -0.4 is 9.64 Å². The Morgan fingerprint density at radius 1 is 0.618 bits per heavy atom. The Morgan fingerprint density at radius 2 is 1.26 bits per heavy atom. The van der Waals surface area contributed by atoms with Crippen molar-refractivity contribution < 1.29 is 4.74 Å². The lowest BCUT2D eigenvalue weighted by atomic mass is 9.97. The SMILES string of the molecule is N#Cc1cncc(-c2cccc(-c3ccccc3N3c4ccccc4Oc4ccccc43)c2)c1. The molecule has 0 aliphatic carbocycles. The number of hydrogen-bond acceptors (Lipinski definition) is 4. The van der Waals surface area contributed by atoms with E-state index in [4.69, 9.17) is 4.74 Å². The van der Waals surface area contributed by atoms with E-state index in [0.29, 0.717) is 5.56 Å². The van der Waals surface area contributed by atoms with E-state index in [9.17, 15) is 5.26 Å². The van der Waals surface area contributed by atoms with Crippen LogP contribution in [0.2, 0.25) is 0 Å². The normalized spacial score (nSPS) is 11.7. The number of nitrogens with zero attached hydrogens (tertiary/aromatic N) is 3. The highest BCUT2D eigenvalue weighted by Gasteiger charge is 2.26. The molecule has 0 fully saturated rings. The van der Waals surface area contributed by atoms with E-state index in [1.165, 1.54) is 0 Å². The van der Waals surface area contributed by atoms with Gasteiger partial charge in [0.25, 0.3) is 0 Å². The van der Waals surface area contributed by atoms with E-state index in [0.717, 1.165) is 50.8 Å². The van der Waals surface area contributed by atoms with Crippen molar-refractivity contribution in [2.45, 2.75) is 0 Å². The number of para-hydroxylation sites is 5. The van der Waals surface area contributed by atoms with E-state index in [-0.39, 0.29) is 0 Å². The molecule has 1 aliphatic heterocycles. The molecule has 0 N–H and O–H groups in total. The summed E-state index contributed by atoms with van der Waals surface area (Å²) >= 11 is 0. The maximum Gasteiger partial charge on any atom is 0.151 e. The second-order valence-electron chi connectivity index (χ2n) is 8.04. The third-order valence-corrected chi connectivity index (χ3v) is 5.95. The van der Waals surface area contributed by atoms with Gasteiger partial charge in [0.15, 0.2) is 11.5 Å². The molecule has 1 aliphatic rings. The molecule has 6 rings (SSSR count). The third-order valence-electron chi connectivity index (χ3n) is 5.95.